The van der Waals surface area contributed by atoms with Crippen LogP contribution in [0.4, 0.5) is 13.2 Å². The molecular weight excluding hydrogens is 345 g/mol. The van der Waals surface area contributed by atoms with Crippen molar-refractivity contribution < 1.29 is 22.7 Å². The second-order valence-corrected chi connectivity index (χ2v) is 5.47. The van der Waals surface area contributed by atoms with Gasteiger partial charge in [-0.2, -0.15) is 18.4 Å². The van der Waals surface area contributed by atoms with Crippen molar-refractivity contribution in [3.05, 3.63) is 65.4 Å². The molecule has 0 amide bonds. The number of hydrogen-bond acceptors (Lipinski definition) is 4. The van der Waals surface area contributed by atoms with Crippen LogP contribution in [0.1, 0.15) is 21.6 Å². The fraction of sp³-hybridized carbons (Fsp3) is 0.105. The number of nitriles is 1. The summed E-state index contributed by atoms with van der Waals surface area (Å²) in [6.45, 7) is 0. The molecule has 0 atom stereocenters. The number of pyridine rings is 1. The molecule has 26 heavy (non-hydrogen) atoms. The molecule has 0 bridgehead atoms. The minimum atomic E-state index is -4.44. The molecule has 0 unspecified atom stereocenters. The molecule has 0 aliphatic heterocycles. The van der Waals surface area contributed by atoms with Gasteiger partial charge >= 0.3 is 12.1 Å². The van der Waals surface area contributed by atoms with Crippen LogP contribution in [-0.2, 0) is 10.9 Å². The Labute approximate surface area is 146 Å². The van der Waals surface area contributed by atoms with Crippen LogP contribution in [0.15, 0.2) is 48.5 Å². The Morgan fingerprint density at radius 3 is 2.50 bits per heavy atom. The monoisotopic (exact) mass is 356 g/mol. The van der Waals surface area contributed by atoms with E-state index < -0.39 is 17.7 Å². The Hall–Kier alpha value is -3.40. The minimum absolute atomic E-state index is 0.0108. The molecule has 3 rings (SSSR count). The van der Waals surface area contributed by atoms with Gasteiger partial charge in [-0.25, -0.2) is 9.78 Å². The smallest absolute Gasteiger partial charge is 0.416 e. The highest BCUT2D eigenvalue weighted by Crippen LogP contribution is 2.33. The number of ether oxygens (including phenoxy) is 1. The minimum Gasteiger partial charge on any atom is -0.464 e. The average Bonchev–Trinajstić information content (AvgIpc) is 2.65. The van der Waals surface area contributed by atoms with E-state index in [-0.39, 0.29) is 11.3 Å². The normalized spacial score (nSPS) is 11.2. The summed E-state index contributed by atoms with van der Waals surface area (Å²) in [4.78, 5) is 15.8. The van der Waals surface area contributed by atoms with Gasteiger partial charge in [-0.15, -0.1) is 0 Å². The number of carbonyl (C=O) groups is 1. The molecule has 0 fully saturated rings. The lowest BCUT2D eigenvalue weighted by molar-refractivity contribution is -0.137. The molecule has 4 nitrogen and oxygen atoms in total. The van der Waals surface area contributed by atoms with E-state index in [1.165, 1.54) is 19.2 Å². The van der Waals surface area contributed by atoms with Gasteiger partial charge in [0.05, 0.1) is 29.8 Å². The molecule has 3 aromatic rings. The lowest BCUT2D eigenvalue weighted by atomic mass is 9.99. The molecule has 2 aromatic carbocycles. The van der Waals surface area contributed by atoms with Crippen LogP contribution in [0.5, 0.6) is 0 Å². The van der Waals surface area contributed by atoms with Crippen molar-refractivity contribution in [2.24, 2.45) is 0 Å². The molecule has 0 aliphatic rings. The Balaban J connectivity index is 2.16. The van der Waals surface area contributed by atoms with Crippen molar-refractivity contribution >= 4 is 16.9 Å². The summed E-state index contributed by atoms with van der Waals surface area (Å²) in [6.07, 6.45) is -4.44. The molecular formula is C19H11F3N2O2. The van der Waals surface area contributed by atoms with Gasteiger partial charge in [0.15, 0.2) is 0 Å². The molecule has 1 aromatic heterocycles. The maximum absolute atomic E-state index is 12.9. The van der Waals surface area contributed by atoms with E-state index in [2.05, 4.69) is 9.72 Å². The van der Waals surface area contributed by atoms with Gasteiger partial charge in [-0.3, -0.25) is 0 Å². The number of carbonyl (C=O) groups excluding carboxylic acids is 1. The number of halogens is 3. The number of rotatable bonds is 2. The predicted molar refractivity (Wildman–Crippen MR) is 88.2 cm³/mol. The number of fused-ring (bicyclic) bond motifs is 1. The zero-order valence-electron chi connectivity index (χ0n) is 13.5. The van der Waals surface area contributed by atoms with Crippen LogP contribution in [-0.4, -0.2) is 18.1 Å². The van der Waals surface area contributed by atoms with E-state index >= 15 is 0 Å². The molecule has 0 spiro atoms. The molecule has 0 saturated heterocycles. The van der Waals surface area contributed by atoms with Crippen molar-refractivity contribution in [2.45, 2.75) is 6.18 Å². The number of hydrogen-bond donors (Lipinski definition) is 0. The molecule has 0 radical (unpaired) electrons. The Morgan fingerprint density at radius 2 is 1.85 bits per heavy atom. The van der Waals surface area contributed by atoms with E-state index in [0.29, 0.717) is 22.0 Å². The maximum atomic E-state index is 12.9. The Morgan fingerprint density at radius 1 is 1.12 bits per heavy atom. The van der Waals surface area contributed by atoms with Gasteiger partial charge in [0.1, 0.15) is 5.69 Å². The molecule has 0 N–H and O–H groups in total. The first-order valence-corrected chi connectivity index (χ1v) is 7.44. The second kappa shape index (κ2) is 6.48. The third kappa shape index (κ3) is 3.22. The summed E-state index contributed by atoms with van der Waals surface area (Å²) >= 11 is 0. The van der Waals surface area contributed by atoms with Crippen LogP contribution < -0.4 is 0 Å². The molecule has 7 heteroatoms. The van der Waals surface area contributed by atoms with Crippen molar-refractivity contribution in [3.8, 4) is 17.2 Å². The average molecular weight is 356 g/mol. The van der Waals surface area contributed by atoms with E-state index in [4.69, 9.17) is 0 Å². The Bertz CT molecular complexity index is 1050. The standard InChI is InChI=1S/C19H11F3N2O2/c1-26-18(25)17-9-13(10-23)15-8-12(5-6-16(15)24-17)11-3-2-4-14(7-11)19(20,21)22/h2-9H,1H3. The summed E-state index contributed by atoms with van der Waals surface area (Å²) < 4.78 is 43.3. The quantitative estimate of drug-likeness (QED) is 0.631. The summed E-state index contributed by atoms with van der Waals surface area (Å²) in [5.41, 5.74) is 0.665. The topological polar surface area (TPSA) is 63.0 Å². The molecule has 0 saturated carbocycles. The largest absolute Gasteiger partial charge is 0.464 e. The fourth-order valence-electron chi connectivity index (χ4n) is 2.58. The Kier molecular flexibility index (Phi) is 4.34. The lowest BCUT2D eigenvalue weighted by Crippen LogP contribution is -2.05. The highest BCUT2D eigenvalue weighted by Gasteiger charge is 2.30. The van der Waals surface area contributed by atoms with Gasteiger partial charge < -0.3 is 4.74 Å². The summed E-state index contributed by atoms with van der Waals surface area (Å²) in [6, 6.07) is 12.9. The fourth-order valence-corrected chi connectivity index (χ4v) is 2.58. The number of aromatic nitrogens is 1. The van der Waals surface area contributed by atoms with Crippen LogP contribution in [0.25, 0.3) is 22.0 Å². The number of nitrogens with zero attached hydrogens (tertiary/aromatic N) is 2. The van der Waals surface area contributed by atoms with E-state index in [9.17, 15) is 23.2 Å². The third-order valence-electron chi connectivity index (χ3n) is 3.85. The van der Waals surface area contributed by atoms with E-state index in [1.54, 1.807) is 24.3 Å². The first kappa shape index (κ1) is 17.4. The predicted octanol–water partition coefficient (Wildman–Crippen LogP) is 4.58. The van der Waals surface area contributed by atoms with Gasteiger partial charge in [-0.1, -0.05) is 18.2 Å². The zero-order valence-corrected chi connectivity index (χ0v) is 13.5. The van der Waals surface area contributed by atoms with Gasteiger partial charge in [0, 0.05) is 5.39 Å². The number of benzene rings is 2. The number of alkyl halides is 3. The SMILES string of the molecule is COC(=O)c1cc(C#N)c2cc(-c3cccc(C(F)(F)F)c3)ccc2n1. The van der Waals surface area contributed by atoms with Crippen molar-refractivity contribution in [3.63, 3.8) is 0 Å². The van der Waals surface area contributed by atoms with Crippen LogP contribution in [0, 0.1) is 11.3 Å². The first-order chi connectivity index (χ1) is 12.3. The zero-order chi connectivity index (χ0) is 18.9. The van der Waals surface area contributed by atoms with Gasteiger partial charge in [0.25, 0.3) is 0 Å². The summed E-state index contributed by atoms with van der Waals surface area (Å²) in [7, 11) is 1.21. The third-order valence-corrected chi connectivity index (χ3v) is 3.85. The van der Waals surface area contributed by atoms with Crippen molar-refractivity contribution in [1.82, 2.24) is 4.98 Å². The van der Waals surface area contributed by atoms with Crippen LogP contribution >= 0.6 is 0 Å². The van der Waals surface area contributed by atoms with E-state index in [1.807, 2.05) is 6.07 Å². The maximum Gasteiger partial charge on any atom is 0.416 e. The molecule has 130 valence electrons. The van der Waals surface area contributed by atoms with Crippen molar-refractivity contribution in [1.29, 1.82) is 5.26 Å². The second-order valence-electron chi connectivity index (χ2n) is 5.47. The highest BCUT2D eigenvalue weighted by molar-refractivity contribution is 5.95. The first-order valence-electron chi connectivity index (χ1n) is 7.44. The van der Waals surface area contributed by atoms with Gasteiger partial charge in [-0.05, 0) is 41.5 Å². The van der Waals surface area contributed by atoms with E-state index in [0.717, 1.165) is 12.1 Å². The van der Waals surface area contributed by atoms with Crippen LogP contribution in [0.3, 0.4) is 0 Å². The summed E-state index contributed by atoms with van der Waals surface area (Å²) in [5.74, 6) is -0.676. The highest BCUT2D eigenvalue weighted by atomic mass is 19.4. The molecule has 1 heterocycles. The molecule has 0 aliphatic carbocycles. The number of methoxy groups -OCH3 is 1. The lowest BCUT2D eigenvalue weighted by Gasteiger charge is -2.10. The van der Waals surface area contributed by atoms with Crippen LogP contribution in [0.2, 0.25) is 0 Å². The summed E-state index contributed by atoms with van der Waals surface area (Å²) in [5, 5.41) is 9.79. The number of esters is 1. The van der Waals surface area contributed by atoms with Crippen molar-refractivity contribution in [2.75, 3.05) is 7.11 Å². The van der Waals surface area contributed by atoms with Gasteiger partial charge in [0.2, 0.25) is 0 Å².